The van der Waals surface area contributed by atoms with Gasteiger partial charge in [-0.3, -0.25) is 0 Å². The average Bonchev–Trinajstić information content (AvgIpc) is 2.28. The molecule has 2 nitrogen and oxygen atoms in total. The van der Waals surface area contributed by atoms with E-state index in [-0.39, 0.29) is 11.5 Å². The Bertz CT molecular complexity index is 249. The van der Waals surface area contributed by atoms with Gasteiger partial charge in [0.15, 0.2) is 0 Å². The molecule has 0 aromatic heterocycles. The fraction of sp³-hybridized carbons (Fsp3) is 1.00. The maximum Gasteiger partial charge on any atom is 0.0652 e. The van der Waals surface area contributed by atoms with E-state index in [0.717, 1.165) is 12.8 Å². The highest BCUT2D eigenvalue weighted by Gasteiger charge is 2.54. The number of aliphatic hydroxyl groups excluding tert-OH is 1. The molecule has 2 fully saturated rings. The van der Waals surface area contributed by atoms with Crippen LogP contribution in [0.2, 0.25) is 0 Å². The first-order valence-electron chi connectivity index (χ1n) is 6.70. The largest absolute Gasteiger partial charge is 0.396 e. The third-order valence-electron chi connectivity index (χ3n) is 5.28. The fourth-order valence-corrected chi connectivity index (χ4v) is 4.50. The summed E-state index contributed by atoms with van der Waals surface area (Å²) < 4.78 is 5.69. The molecular formula is C14H26O2. The number of methoxy groups -OCH3 is 1. The SMILES string of the molecule is COC1CCC[C@H]2C(C)(C)CCC[C@]12CO. The van der Waals surface area contributed by atoms with Crippen LogP contribution in [0, 0.1) is 16.7 Å². The van der Waals surface area contributed by atoms with Crippen LogP contribution in [0.5, 0.6) is 0 Å². The van der Waals surface area contributed by atoms with Gasteiger partial charge < -0.3 is 9.84 Å². The molecule has 0 aromatic carbocycles. The van der Waals surface area contributed by atoms with Crippen molar-refractivity contribution in [1.82, 2.24) is 0 Å². The monoisotopic (exact) mass is 226 g/mol. The molecule has 2 aliphatic carbocycles. The first-order valence-corrected chi connectivity index (χ1v) is 6.70. The second-order valence-corrected chi connectivity index (χ2v) is 6.44. The third kappa shape index (κ3) is 1.70. The van der Waals surface area contributed by atoms with Crippen molar-refractivity contribution in [2.75, 3.05) is 13.7 Å². The zero-order valence-electron chi connectivity index (χ0n) is 11.0. The summed E-state index contributed by atoms with van der Waals surface area (Å²) in [5, 5.41) is 9.93. The van der Waals surface area contributed by atoms with E-state index in [9.17, 15) is 5.11 Å². The number of hydrogen-bond donors (Lipinski definition) is 1. The van der Waals surface area contributed by atoms with Crippen LogP contribution in [0.15, 0.2) is 0 Å². The lowest BCUT2D eigenvalue weighted by molar-refractivity contribution is -0.159. The van der Waals surface area contributed by atoms with Gasteiger partial charge in [0, 0.05) is 12.5 Å². The van der Waals surface area contributed by atoms with E-state index in [2.05, 4.69) is 13.8 Å². The second-order valence-electron chi connectivity index (χ2n) is 6.44. The summed E-state index contributed by atoms with van der Waals surface area (Å²) in [6.45, 7) is 5.05. The Kier molecular flexibility index (Phi) is 3.33. The normalized spacial score (nSPS) is 42.8. The Morgan fingerprint density at radius 1 is 1.19 bits per heavy atom. The quantitative estimate of drug-likeness (QED) is 0.784. The van der Waals surface area contributed by atoms with Gasteiger partial charge in [-0.1, -0.05) is 26.7 Å². The Morgan fingerprint density at radius 3 is 2.56 bits per heavy atom. The molecule has 2 heteroatoms. The van der Waals surface area contributed by atoms with Crippen molar-refractivity contribution >= 4 is 0 Å². The Labute approximate surface area is 99.4 Å². The predicted octanol–water partition coefficient (Wildman–Crippen LogP) is 2.99. The number of hydrogen-bond acceptors (Lipinski definition) is 2. The molecule has 0 radical (unpaired) electrons. The summed E-state index contributed by atoms with van der Waals surface area (Å²) in [7, 11) is 1.81. The summed E-state index contributed by atoms with van der Waals surface area (Å²) in [5.74, 6) is 0.637. The van der Waals surface area contributed by atoms with E-state index in [4.69, 9.17) is 4.74 Å². The summed E-state index contributed by atoms with van der Waals surface area (Å²) in [6, 6.07) is 0. The molecule has 0 amide bonds. The van der Waals surface area contributed by atoms with Gasteiger partial charge in [0.25, 0.3) is 0 Å². The third-order valence-corrected chi connectivity index (χ3v) is 5.28. The van der Waals surface area contributed by atoms with E-state index in [1.54, 1.807) is 0 Å². The van der Waals surface area contributed by atoms with Crippen LogP contribution in [0.4, 0.5) is 0 Å². The van der Waals surface area contributed by atoms with Crippen LogP contribution in [0.25, 0.3) is 0 Å². The molecule has 0 heterocycles. The summed E-state index contributed by atoms with van der Waals surface area (Å²) in [5.41, 5.74) is 0.424. The predicted molar refractivity (Wildman–Crippen MR) is 65.3 cm³/mol. The highest BCUT2D eigenvalue weighted by molar-refractivity contribution is 5.03. The van der Waals surface area contributed by atoms with Crippen LogP contribution in [-0.2, 0) is 4.74 Å². The zero-order chi connectivity index (χ0) is 11.8. The Morgan fingerprint density at radius 2 is 1.94 bits per heavy atom. The van der Waals surface area contributed by atoms with Crippen LogP contribution in [-0.4, -0.2) is 24.9 Å². The summed E-state index contributed by atoms with van der Waals surface area (Å²) in [4.78, 5) is 0. The highest BCUT2D eigenvalue weighted by Crippen LogP contribution is 2.58. The lowest BCUT2D eigenvalue weighted by atomic mass is 9.50. The molecule has 16 heavy (non-hydrogen) atoms. The lowest BCUT2D eigenvalue weighted by Gasteiger charge is -2.57. The Hall–Kier alpha value is -0.0800. The minimum atomic E-state index is 0.0503. The molecular weight excluding hydrogens is 200 g/mol. The molecule has 1 N–H and O–H groups in total. The molecule has 0 saturated heterocycles. The van der Waals surface area contributed by atoms with E-state index in [1.807, 2.05) is 7.11 Å². The first kappa shape index (κ1) is 12.4. The van der Waals surface area contributed by atoms with Gasteiger partial charge in [-0.25, -0.2) is 0 Å². The number of ether oxygens (including phenoxy) is 1. The molecule has 3 atom stereocenters. The topological polar surface area (TPSA) is 29.5 Å². The van der Waals surface area contributed by atoms with Gasteiger partial charge in [-0.2, -0.15) is 0 Å². The number of rotatable bonds is 2. The van der Waals surface area contributed by atoms with Gasteiger partial charge in [-0.05, 0) is 37.0 Å². The maximum atomic E-state index is 9.93. The molecule has 2 saturated carbocycles. The van der Waals surface area contributed by atoms with E-state index >= 15 is 0 Å². The van der Waals surface area contributed by atoms with Crippen molar-refractivity contribution in [2.24, 2.45) is 16.7 Å². The lowest BCUT2D eigenvalue weighted by Crippen LogP contribution is -2.55. The molecule has 0 aromatic rings. The van der Waals surface area contributed by atoms with Crippen LogP contribution < -0.4 is 0 Å². The molecule has 2 rings (SSSR count). The van der Waals surface area contributed by atoms with Gasteiger partial charge >= 0.3 is 0 Å². The minimum Gasteiger partial charge on any atom is -0.396 e. The maximum absolute atomic E-state index is 9.93. The first-order chi connectivity index (χ1) is 7.57. The van der Waals surface area contributed by atoms with E-state index in [0.29, 0.717) is 17.9 Å². The molecule has 2 aliphatic rings. The van der Waals surface area contributed by atoms with Crippen molar-refractivity contribution in [3.63, 3.8) is 0 Å². The molecule has 0 spiro atoms. The van der Waals surface area contributed by atoms with Crippen LogP contribution in [0.3, 0.4) is 0 Å². The van der Waals surface area contributed by atoms with Crippen molar-refractivity contribution in [3.8, 4) is 0 Å². The molecule has 1 unspecified atom stereocenters. The van der Waals surface area contributed by atoms with Crippen molar-refractivity contribution in [1.29, 1.82) is 0 Å². The van der Waals surface area contributed by atoms with Gasteiger partial charge in [0.1, 0.15) is 0 Å². The van der Waals surface area contributed by atoms with E-state index in [1.165, 1.54) is 25.7 Å². The number of fused-ring (bicyclic) bond motifs is 1. The van der Waals surface area contributed by atoms with Gasteiger partial charge in [0.05, 0.1) is 12.7 Å². The number of aliphatic hydroxyl groups is 1. The van der Waals surface area contributed by atoms with Crippen LogP contribution >= 0.6 is 0 Å². The highest BCUT2D eigenvalue weighted by atomic mass is 16.5. The van der Waals surface area contributed by atoms with Crippen LogP contribution in [0.1, 0.15) is 52.4 Å². The fourth-order valence-electron chi connectivity index (χ4n) is 4.50. The van der Waals surface area contributed by atoms with Crippen molar-refractivity contribution < 1.29 is 9.84 Å². The summed E-state index contributed by atoms with van der Waals surface area (Å²) in [6.07, 6.45) is 7.62. The molecule has 0 bridgehead atoms. The zero-order valence-corrected chi connectivity index (χ0v) is 11.0. The second kappa shape index (κ2) is 4.30. The van der Waals surface area contributed by atoms with E-state index < -0.39 is 0 Å². The smallest absolute Gasteiger partial charge is 0.0652 e. The standard InChI is InChI=1S/C14H26O2/c1-13(2)8-5-9-14(10-15)11(13)6-4-7-12(14)16-3/h11-12,15H,4-10H2,1-3H3/t11-,12?,14+/m0/s1. The molecule has 0 aliphatic heterocycles. The van der Waals surface area contributed by atoms with Gasteiger partial charge in [0.2, 0.25) is 0 Å². The summed E-state index contributed by atoms with van der Waals surface area (Å²) >= 11 is 0. The van der Waals surface area contributed by atoms with Crippen molar-refractivity contribution in [3.05, 3.63) is 0 Å². The Balaban J connectivity index is 2.32. The minimum absolute atomic E-state index is 0.0503. The van der Waals surface area contributed by atoms with Crippen molar-refractivity contribution in [2.45, 2.75) is 58.5 Å². The average molecular weight is 226 g/mol. The molecule has 94 valence electrons. The van der Waals surface area contributed by atoms with Gasteiger partial charge in [-0.15, -0.1) is 0 Å².